The molecule has 2 nitrogen and oxygen atoms in total. The van der Waals surface area contributed by atoms with Crippen LogP contribution in [0.15, 0.2) is 41.1 Å². The van der Waals surface area contributed by atoms with Crippen LogP contribution in [-0.4, -0.2) is 4.98 Å². The first kappa shape index (κ1) is 9.40. The maximum Gasteiger partial charge on any atom is 0.141 e. The van der Waals surface area contributed by atoms with E-state index in [0.29, 0.717) is 5.92 Å². The Morgan fingerprint density at radius 3 is 2.75 bits per heavy atom. The molecule has 0 atom stereocenters. The third-order valence-electron chi connectivity index (χ3n) is 2.94. The Hall–Kier alpha value is -1.83. The summed E-state index contributed by atoms with van der Waals surface area (Å²) in [7, 11) is 0. The number of fused-ring (bicyclic) bond motifs is 3. The minimum atomic E-state index is 0.427. The summed E-state index contributed by atoms with van der Waals surface area (Å²) < 4.78 is 5.54. The number of nitrogens with zero attached hydrogens (tertiary/aromatic N) is 1. The van der Waals surface area contributed by atoms with Gasteiger partial charge in [0.15, 0.2) is 0 Å². The van der Waals surface area contributed by atoms with E-state index >= 15 is 0 Å². The van der Waals surface area contributed by atoms with Gasteiger partial charge in [0, 0.05) is 22.4 Å². The van der Waals surface area contributed by atoms with Crippen LogP contribution in [-0.2, 0) is 0 Å². The molecular weight excluding hydrogens is 198 g/mol. The van der Waals surface area contributed by atoms with Gasteiger partial charge in [0.2, 0.25) is 0 Å². The third kappa shape index (κ3) is 1.23. The van der Waals surface area contributed by atoms with E-state index in [1.807, 2.05) is 18.3 Å². The van der Waals surface area contributed by atoms with Gasteiger partial charge in [-0.3, -0.25) is 4.98 Å². The largest absolute Gasteiger partial charge is 0.464 e. The normalized spacial score (nSPS) is 11.7. The minimum absolute atomic E-state index is 0.427. The fraction of sp³-hybridized carbons (Fsp3) is 0.214. The van der Waals surface area contributed by atoms with Crippen LogP contribution in [0.25, 0.3) is 21.7 Å². The van der Waals surface area contributed by atoms with E-state index in [0.717, 1.165) is 22.0 Å². The number of hydrogen-bond donors (Lipinski definition) is 0. The molecular formula is C14H13NO. The Bertz CT molecular complexity index is 652. The molecule has 0 bridgehead atoms. The van der Waals surface area contributed by atoms with Crippen molar-refractivity contribution in [3.8, 4) is 0 Å². The Morgan fingerprint density at radius 2 is 1.94 bits per heavy atom. The summed E-state index contributed by atoms with van der Waals surface area (Å²) in [4.78, 5) is 4.46. The van der Waals surface area contributed by atoms with Crippen LogP contribution in [0.2, 0.25) is 0 Å². The number of aromatic nitrogens is 1. The predicted molar refractivity (Wildman–Crippen MR) is 65.6 cm³/mol. The van der Waals surface area contributed by atoms with Crippen molar-refractivity contribution >= 4 is 21.7 Å². The highest BCUT2D eigenvalue weighted by molar-refractivity contribution is 6.04. The monoisotopic (exact) mass is 211 g/mol. The third-order valence-corrected chi connectivity index (χ3v) is 2.94. The molecule has 0 aliphatic heterocycles. The molecule has 0 saturated carbocycles. The van der Waals surface area contributed by atoms with Crippen molar-refractivity contribution in [1.29, 1.82) is 0 Å². The van der Waals surface area contributed by atoms with Crippen molar-refractivity contribution in [2.75, 3.05) is 0 Å². The fourth-order valence-electron chi connectivity index (χ4n) is 2.17. The highest BCUT2D eigenvalue weighted by Crippen LogP contribution is 2.29. The number of rotatable bonds is 1. The topological polar surface area (TPSA) is 26.0 Å². The minimum Gasteiger partial charge on any atom is -0.464 e. The highest BCUT2D eigenvalue weighted by Gasteiger charge is 2.09. The lowest BCUT2D eigenvalue weighted by atomic mass is 10.0. The van der Waals surface area contributed by atoms with Gasteiger partial charge >= 0.3 is 0 Å². The lowest BCUT2D eigenvalue weighted by molar-refractivity contribution is 0.619. The molecule has 80 valence electrons. The maximum absolute atomic E-state index is 5.54. The Labute approximate surface area is 93.9 Å². The maximum atomic E-state index is 5.54. The van der Waals surface area contributed by atoms with Crippen LogP contribution >= 0.6 is 0 Å². The first-order valence-corrected chi connectivity index (χ1v) is 5.52. The van der Waals surface area contributed by atoms with Gasteiger partial charge in [-0.2, -0.15) is 0 Å². The number of furan rings is 1. The van der Waals surface area contributed by atoms with Crippen molar-refractivity contribution in [2.45, 2.75) is 19.8 Å². The SMILES string of the molecule is CC(C)c1nccc2c1ccc1ccoc12. The predicted octanol–water partition coefficient (Wildman–Crippen LogP) is 4.10. The van der Waals surface area contributed by atoms with E-state index < -0.39 is 0 Å². The number of benzene rings is 1. The van der Waals surface area contributed by atoms with Crippen LogP contribution in [0, 0.1) is 0 Å². The van der Waals surface area contributed by atoms with Crippen LogP contribution in [0.1, 0.15) is 25.5 Å². The van der Waals surface area contributed by atoms with Crippen molar-refractivity contribution in [1.82, 2.24) is 4.98 Å². The lowest BCUT2D eigenvalue weighted by Gasteiger charge is -2.08. The van der Waals surface area contributed by atoms with Crippen LogP contribution < -0.4 is 0 Å². The second-order valence-corrected chi connectivity index (χ2v) is 4.35. The van der Waals surface area contributed by atoms with Gasteiger partial charge in [-0.25, -0.2) is 0 Å². The number of hydrogen-bond acceptors (Lipinski definition) is 2. The lowest BCUT2D eigenvalue weighted by Crippen LogP contribution is -1.93. The van der Waals surface area contributed by atoms with Gasteiger partial charge in [0.1, 0.15) is 5.58 Å². The zero-order chi connectivity index (χ0) is 11.1. The summed E-state index contributed by atoms with van der Waals surface area (Å²) in [5.74, 6) is 0.427. The van der Waals surface area contributed by atoms with Crippen LogP contribution in [0.4, 0.5) is 0 Å². The Balaban J connectivity index is 2.49. The standard InChI is InChI=1S/C14H13NO/c1-9(2)13-11-4-3-10-6-8-16-14(10)12(11)5-7-15-13/h3-9H,1-2H3. The molecule has 0 unspecified atom stereocenters. The number of pyridine rings is 1. The summed E-state index contributed by atoms with van der Waals surface area (Å²) >= 11 is 0. The molecule has 3 aromatic rings. The average Bonchev–Trinajstić information content (AvgIpc) is 2.76. The fourth-order valence-corrected chi connectivity index (χ4v) is 2.17. The van der Waals surface area contributed by atoms with E-state index in [4.69, 9.17) is 4.42 Å². The second-order valence-electron chi connectivity index (χ2n) is 4.35. The molecule has 16 heavy (non-hydrogen) atoms. The molecule has 0 fully saturated rings. The molecule has 0 aliphatic rings. The van der Waals surface area contributed by atoms with E-state index in [1.54, 1.807) is 6.26 Å². The van der Waals surface area contributed by atoms with Gasteiger partial charge in [0.25, 0.3) is 0 Å². The van der Waals surface area contributed by atoms with E-state index in [1.165, 1.54) is 5.39 Å². The summed E-state index contributed by atoms with van der Waals surface area (Å²) in [5.41, 5.74) is 2.10. The van der Waals surface area contributed by atoms with Crippen molar-refractivity contribution in [3.63, 3.8) is 0 Å². The van der Waals surface area contributed by atoms with Gasteiger partial charge in [-0.05, 0) is 18.1 Å². The molecule has 2 heterocycles. The Kier molecular flexibility index (Phi) is 1.96. The first-order valence-electron chi connectivity index (χ1n) is 5.52. The van der Waals surface area contributed by atoms with Crippen LogP contribution in [0.5, 0.6) is 0 Å². The molecule has 2 aromatic heterocycles. The zero-order valence-electron chi connectivity index (χ0n) is 9.40. The van der Waals surface area contributed by atoms with Gasteiger partial charge in [-0.1, -0.05) is 26.0 Å². The molecule has 3 rings (SSSR count). The molecule has 0 aliphatic carbocycles. The average molecular weight is 211 g/mol. The summed E-state index contributed by atoms with van der Waals surface area (Å²) in [5, 5.41) is 3.49. The van der Waals surface area contributed by atoms with E-state index in [-0.39, 0.29) is 0 Å². The quantitative estimate of drug-likeness (QED) is 0.605. The highest BCUT2D eigenvalue weighted by atomic mass is 16.3. The second kappa shape index (κ2) is 3.34. The van der Waals surface area contributed by atoms with E-state index in [9.17, 15) is 0 Å². The molecule has 0 saturated heterocycles. The molecule has 1 aromatic carbocycles. The van der Waals surface area contributed by atoms with Gasteiger partial charge in [-0.15, -0.1) is 0 Å². The molecule has 0 radical (unpaired) electrons. The molecule has 0 spiro atoms. The first-order chi connectivity index (χ1) is 7.77. The summed E-state index contributed by atoms with van der Waals surface area (Å²) in [6.45, 7) is 4.32. The van der Waals surface area contributed by atoms with E-state index in [2.05, 4.69) is 31.0 Å². The van der Waals surface area contributed by atoms with Crippen LogP contribution in [0.3, 0.4) is 0 Å². The molecule has 2 heteroatoms. The van der Waals surface area contributed by atoms with Crippen molar-refractivity contribution in [3.05, 3.63) is 42.4 Å². The molecule has 0 amide bonds. The van der Waals surface area contributed by atoms with Gasteiger partial charge < -0.3 is 4.42 Å². The summed E-state index contributed by atoms with van der Waals surface area (Å²) in [6, 6.07) is 8.24. The summed E-state index contributed by atoms with van der Waals surface area (Å²) in [6.07, 6.45) is 3.60. The Morgan fingerprint density at radius 1 is 1.06 bits per heavy atom. The van der Waals surface area contributed by atoms with Crippen molar-refractivity contribution < 1.29 is 4.42 Å². The zero-order valence-corrected chi connectivity index (χ0v) is 9.40. The molecule has 0 N–H and O–H groups in total. The van der Waals surface area contributed by atoms with Gasteiger partial charge in [0.05, 0.1) is 12.0 Å². The smallest absolute Gasteiger partial charge is 0.141 e. The van der Waals surface area contributed by atoms with Crippen molar-refractivity contribution in [2.24, 2.45) is 0 Å².